The van der Waals surface area contributed by atoms with Crippen molar-refractivity contribution in [1.29, 1.82) is 0 Å². The average Bonchev–Trinajstić information content (AvgIpc) is 2.66. The van der Waals surface area contributed by atoms with Gasteiger partial charge in [0.05, 0.1) is 6.10 Å². The van der Waals surface area contributed by atoms with Crippen LogP contribution in [0.15, 0.2) is 58.7 Å². The maximum Gasteiger partial charge on any atom is 0.328 e. The molecule has 0 amide bonds. The average molecular weight is 415 g/mol. The summed E-state index contributed by atoms with van der Waals surface area (Å²) in [6, 6.07) is 0. The fourth-order valence-corrected chi connectivity index (χ4v) is 5.09. The largest absolute Gasteiger partial charge is 0.478 e. The molecule has 0 aromatic heterocycles. The predicted octanol–water partition coefficient (Wildman–Crippen LogP) is 3.85. The molecule has 6 atom stereocenters. The Morgan fingerprint density at radius 2 is 1.83 bits per heavy atom. The minimum Gasteiger partial charge on any atom is -0.478 e. The molecule has 0 aliphatic heterocycles. The lowest BCUT2D eigenvalue weighted by atomic mass is 9.57. The van der Waals surface area contributed by atoms with Gasteiger partial charge >= 0.3 is 5.97 Å². The quantitative estimate of drug-likeness (QED) is 0.453. The second kappa shape index (κ2) is 10.2. The van der Waals surface area contributed by atoms with E-state index in [4.69, 9.17) is 5.11 Å². The lowest BCUT2D eigenvalue weighted by Crippen LogP contribution is -2.45. The molecule has 1 saturated carbocycles. The number of carboxylic acids is 1. The third-order valence-electron chi connectivity index (χ3n) is 6.42. The zero-order valence-corrected chi connectivity index (χ0v) is 18.5. The number of fused-ring (bicyclic) bond motifs is 1. The molecule has 0 bridgehead atoms. The second-order valence-electron chi connectivity index (χ2n) is 8.87. The van der Waals surface area contributed by atoms with Crippen molar-refractivity contribution in [2.45, 2.75) is 47.1 Å². The van der Waals surface area contributed by atoms with Crippen molar-refractivity contribution in [3.05, 3.63) is 58.7 Å². The molecule has 0 radical (unpaired) electrons. The van der Waals surface area contributed by atoms with E-state index >= 15 is 0 Å². The van der Waals surface area contributed by atoms with E-state index < -0.39 is 18.7 Å². The summed E-state index contributed by atoms with van der Waals surface area (Å²) in [5.41, 5.74) is 3.70. The third-order valence-corrected chi connectivity index (χ3v) is 6.42. The number of allylic oxidation sites excluding steroid dienone is 8. The van der Waals surface area contributed by atoms with Crippen LogP contribution >= 0.6 is 0 Å². The van der Waals surface area contributed by atoms with Crippen molar-refractivity contribution < 1.29 is 24.9 Å². The van der Waals surface area contributed by atoms with E-state index in [2.05, 4.69) is 26.0 Å². The Kier molecular flexibility index (Phi) is 8.16. The van der Waals surface area contributed by atoms with Gasteiger partial charge in [0.15, 0.2) is 5.78 Å². The molecule has 2 aliphatic rings. The molecular formula is C25H34O5. The van der Waals surface area contributed by atoms with Gasteiger partial charge in [-0.2, -0.15) is 0 Å². The van der Waals surface area contributed by atoms with Crippen LogP contribution < -0.4 is 0 Å². The lowest BCUT2D eigenvalue weighted by Gasteiger charge is -2.48. The monoisotopic (exact) mass is 414 g/mol. The molecule has 1 fully saturated rings. The highest BCUT2D eigenvalue weighted by molar-refractivity contribution is 5.92. The van der Waals surface area contributed by atoms with Gasteiger partial charge < -0.3 is 15.3 Å². The summed E-state index contributed by atoms with van der Waals surface area (Å²) in [6.45, 7) is 9.42. The van der Waals surface area contributed by atoms with Gasteiger partial charge in [0, 0.05) is 12.0 Å². The van der Waals surface area contributed by atoms with Gasteiger partial charge in [-0.3, -0.25) is 4.79 Å². The predicted molar refractivity (Wildman–Crippen MR) is 118 cm³/mol. The Labute approximate surface area is 179 Å². The summed E-state index contributed by atoms with van der Waals surface area (Å²) in [5.74, 6) is -0.666. The van der Waals surface area contributed by atoms with Gasteiger partial charge in [-0.15, -0.1) is 0 Å². The van der Waals surface area contributed by atoms with Gasteiger partial charge in [-0.25, -0.2) is 4.79 Å². The highest BCUT2D eigenvalue weighted by Crippen LogP contribution is 2.50. The summed E-state index contributed by atoms with van der Waals surface area (Å²) in [4.78, 5) is 22.8. The van der Waals surface area contributed by atoms with Crippen molar-refractivity contribution >= 4 is 11.8 Å². The smallest absolute Gasteiger partial charge is 0.328 e. The topological polar surface area (TPSA) is 94.8 Å². The van der Waals surface area contributed by atoms with Gasteiger partial charge in [0.25, 0.3) is 0 Å². The summed E-state index contributed by atoms with van der Waals surface area (Å²) < 4.78 is 0. The van der Waals surface area contributed by atoms with E-state index in [9.17, 15) is 19.8 Å². The number of aliphatic hydroxyl groups excluding tert-OH is 2. The van der Waals surface area contributed by atoms with Crippen molar-refractivity contribution in [2.24, 2.45) is 29.6 Å². The molecule has 0 aromatic rings. The van der Waals surface area contributed by atoms with E-state index in [1.807, 2.05) is 26.8 Å². The molecule has 2 rings (SSSR count). The molecule has 0 heterocycles. The Morgan fingerprint density at radius 1 is 1.17 bits per heavy atom. The lowest BCUT2D eigenvalue weighted by molar-refractivity contribution is -0.131. The van der Waals surface area contributed by atoms with E-state index in [0.717, 1.165) is 34.8 Å². The minimum absolute atomic E-state index is 0.0572. The van der Waals surface area contributed by atoms with E-state index in [1.54, 1.807) is 6.08 Å². The number of aliphatic carboxylic acids is 1. The zero-order valence-electron chi connectivity index (χ0n) is 18.5. The Hall–Kier alpha value is -2.24. The number of carboxylic acid groups (broad SMARTS) is 1. The fourth-order valence-electron chi connectivity index (χ4n) is 5.09. The van der Waals surface area contributed by atoms with Crippen LogP contribution in [0.5, 0.6) is 0 Å². The van der Waals surface area contributed by atoms with Crippen molar-refractivity contribution in [1.82, 2.24) is 0 Å². The SMILES string of the molecule is CC(C=CC(=O)O)=CC(C)=CC1C(=CC(=O)CO)C(C)=CC2CC(C)C(O)C(C)C21. The molecule has 5 nitrogen and oxygen atoms in total. The number of hydrogen-bond donors (Lipinski definition) is 3. The molecule has 164 valence electrons. The summed E-state index contributed by atoms with van der Waals surface area (Å²) >= 11 is 0. The first-order valence-electron chi connectivity index (χ1n) is 10.5. The molecule has 30 heavy (non-hydrogen) atoms. The Morgan fingerprint density at radius 3 is 2.43 bits per heavy atom. The third kappa shape index (κ3) is 5.67. The van der Waals surface area contributed by atoms with E-state index in [0.29, 0.717) is 5.92 Å². The maximum absolute atomic E-state index is 12.0. The standard InChI is InChI=1S/C25H34O5/c1-14(6-7-23(28)29)8-15(2)9-22-21(12-20(27)13-26)16(3)10-19-11-17(4)25(30)18(5)24(19)22/h6-10,12,17-19,22,24-26,30H,11,13H2,1-5H3,(H,28,29). The van der Waals surface area contributed by atoms with Crippen LogP contribution in [0.4, 0.5) is 0 Å². The number of ketones is 1. The minimum atomic E-state index is -0.993. The molecule has 0 saturated heterocycles. The van der Waals surface area contributed by atoms with Crippen LogP contribution in [0, 0.1) is 29.6 Å². The zero-order chi connectivity index (χ0) is 22.6. The molecule has 0 aromatic carbocycles. The number of aliphatic hydroxyl groups is 2. The first-order chi connectivity index (χ1) is 14.0. The van der Waals surface area contributed by atoms with Gasteiger partial charge in [-0.1, -0.05) is 54.9 Å². The Bertz CT molecular complexity index is 826. The van der Waals surface area contributed by atoms with Crippen molar-refractivity contribution in [2.75, 3.05) is 6.61 Å². The van der Waals surface area contributed by atoms with E-state index in [1.165, 1.54) is 6.08 Å². The molecule has 3 N–H and O–H groups in total. The summed E-state index contributed by atoms with van der Waals surface area (Å²) in [6.07, 6.45) is 10.9. The van der Waals surface area contributed by atoms with Crippen LogP contribution in [0.25, 0.3) is 0 Å². The molecule has 6 unspecified atom stereocenters. The second-order valence-corrected chi connectivity index (χ2v) is 8.87. The highest BCUT2D eigenvalue weighted by atomic mass is 16.4. The molecular weight excluding hydrogens is 380 g/mol. The Balaban J connectivity index is 2.52. The number of rotatable bonds is 6. The highest BCUT2D eigenvalue weighted by Gasteiger charge is 2.45. The molecule has 5 heteroatoms. The fraction of sp³-hybridized carbons (Fsp3) is 0.520. The number of carbonyl (C=O) groups is 2. The van der Waals surface area contributed by atoms with E-state index in [-0.39, 0.29) is 29.5 Å². The number of hydrogen-bond acceptors (Lipinski definition) is 4. The first kappa shape index (κ1) is 24.0. The number of carbonyl (C=O) groups excluding carboxylic acids is 1. The first-order valence-corrected chi connectivity index (χ1v) is 10.5. The van der Waals surface area contributed by atoms with Crippen LogP contribution in [0.3, 0.4) is 0 Å². The van der Waals surface area contributed by atoms with Crippen LogP contribution in [-0.2, 0) is 9.59 Å². The summed E-state index contributed by atoms with van der Waals surface area (Å²) in [7, 11) is 0. The molecule has 2 aliphatic carbocycles. The van der Waals surface area contributed by atoms with Gasteiger partial charge in [-0.05, 0) is 62.5 Å². The van der Waals surface area contributed by atoms with Crippen molar-refractivity contribution in [3.8, 4) is 0 Å². The van der Waals surface area contributed by atoms with Crippen LogP contribution in [-0.4, -0.2) is 39.8 Å². The van der Waals surface area contributed by atoms with Gasteiger partial charge in [0.1, 0.15) is 6.61 Å². The maximum atomic E-state index is 12.0. The normalized spacial score (nSPS) is 34.1. The van der Waals surface area contributed by atoms with Crippen LogP contribution in [0.1, 0.15) is 41.0 Å². The summed E-state index contributed by atoms with van der Waals surface area (Å²) in [5, 5.41) is 28.8. The van der Waals surface area contributed by atoms with Gasteiger partial charge in [0.2, 0.25) is 0 Å². The van der Waals surface area contributed by atoms with Crippen LogP contribution in [0.2, 0.25) is 0 Å². The van der Waals surface area contributed by atoms with Crippen molar-refractivity contribution in [3.63, 3.8) is 0 Å². The molecule has 0 spiro atoms.